The van der Waals surface area contributed by atoms with Crippen LogP contribution in [-0.2, 0) is 13.1 Å². The maximum atomic E-state index is 5.74. The highest BCUT2D eigenvalue weighted by Crippen LogP contribution is 2.23. The van der Waals surface area contributed by atoms with Crippen molar-refractivity contribution >= 4 is 5.69 Å². The standard InChI is InChI=1S/C14H18N2O2/c1-16(8-11-5-6-18-10-11)9-12-3-4-13(15)7-14(12)17-2/h3-7,10H,8-9,15H2,1-2H3. The van der Waals surface area contributed by atoms with Crippen LogP contribution >= 0.6 is 0 Å². The summed E-state index contributed by atoms with van der Waals surface area (Å²) in [5.74, 6) is 0.828. The highest BCUT2D eigenvalue weighted by Gasteiger charge is 2.07. The number of methoxy groups -OCH3 is 1. The van der Waals surface area contributed by atoms with E-state index in [2.05, 4.69) is 11.9 Å². The summed E-state index contributed by atoms with van der Waals surface area (Å²) in [6.45, 7) is 1.64. The van der Waals surface area contributed by atoms with Crippen LogP contribution in [0.1, 0.15) is 11.1 Å². The zero-order chi connectivity index (χ0) is 13.0. The molecule has 0 radical (unpaired) electrons. The molecule has 0 spiro atoms. The van der Waals surface area contributed by atoms with E-state index in [1.807, 2.05) is 24.3 Å². The Bertz CT molecular complexity index is 495. The first-order chi connectivity index (χ1) is 8.69. The fourth-order valence-corrected chi connectivity index (χ4v) is 1.93. The van der Waals surface area contributed by atoms with Crippen LogP contribution in [0.3, 0.4) is 0 Å². The van der Waals surface area contributed by atoms with Crippen molar-refractivity contribution in [2.24, 2.45) is 0 Å². The summed E-state index contributed by atoms with van der Waals surface area (Å²) < 4.78 is 10.4. The Morgan fingerprint density at radius 3 is 2.78 bits per heavy atom. The van der Waals surface area contributed by atoms with E-state index in [4.69, 9.17) is 14.9 Å². The van der Waals surface area contributed by atoms with E-state index < -0.39 is 0 Å². The second kappa shape index (κ2) is 5.60. The van der Waals surface area contributed by atoms with Gasteiger partial charge in [-0.3, -0.25) is 4.90 Å². The van der Waals surface area contributed by atoms with Crippen LogP contribution in [0.2, 0.25) is 0 Å². The van der Waals surface area contributed by atoms with Gasteiger partial charge in [0.1, 0.15) is 5.75 Å². The molecule has 1 aromatic heterocycles. The Balaban J connectivity index is 2.04. The molecule has 18 heavy (non-hydrogen) atoms. The van der Waals surface area contributed by atoms with Crippen LogP contribution in [-0.4, -0.2) is 19.1 Å². The van der Waals surface area contributed by atoms with Gasteiger partial charge < -0.3 is 14.9 Å². The number of anilines is 1. The van der Waals surface area contributed by atoms with Crippen molar-refractivity contribution in [3.63, 3.8) is 0 Å². The van der Waals surface area contributed by atoms with Gasteiger partial charge in [0.05, 0.1) is 19.6 Å². The SMILES string of the molecule is COc1cc(N)ccc1CN(C)Cc1ccoc1. The molecule has 0 amide bonds. The van der Waals surface area contributed by atoms with Gasteiger partial charge >= 0.3 is 0 Å². The summed E-state index contributed by atoms with van der Waals surface area (Å²) in [6, 6.07) is 7.71. The van der Waals surface area contributed by atoms with E-state index in [0.717, 1.165) is 30.0 Å². The van der Waals surface area contributed by atoms with Gasteiger partial charge in [0, 0.05) is 36.0 Å². The fraction of sp³-hybridized carbons (Fsp3) is 0.286. The number of hydrogen-bond acceptors (Lipinski definition) is 4. The molecule has 1 heterocycles. The van der Waals surface area contributed by atoms with Crippen LogP contribution in [0.5, 0.6) is 5.75 Å². The third kappa shape index (κ3) is 3.05. The zero-order valence-electron chi connectivity index (χ0n) is 10.7. The van der Waals surface area contributed by atoms with Crippen molar-refractivity contribution in [1.82, 2.24) is 4.90 Å². The lowest BCUT2D eigenvalue weighted by Crippen LogP contribution is -2.17. The summed E-state index contributed by atoms with van der Waals surface area (Å²) >= 11 is 0. The second-order valence-corrected chi connectivity index (χ2v) is 4.38. The predicted octanol–water partition coefficient (Wildman–Crippen LogP) is 2.50. The molecular formula is C14H18N2O2. The molecule has 2 N–H and O–H groups in total. The number of furan rings is 1. The molecule has 0 saturated heterocycles. The molecule has 0 atom stereocenters. The Labute approximate surface area is 107 Å². The first kappa shape index (κ1) is 12.5. The first-order valence-electron chi connectivity index (χ1n) is 5.81. The summed E-state index contributed by atoms with van der Waals surface area (Å²) in [7, 11) is 3.72. The monoisotopic (exact) mass is 246 g/mol. The fourth-order valence-electron chi connectivity index (χ4n) is 1.93. The average molecular weight is 246 g/mol. The van der Waals surface area contributed by atoms with Crippen LogP contribution < -0.4 is 10.5 Å². The zero-order valence-corrected chi connectivity index (χ0v) is 10.7. The molecule has 0 unspecified atom stereocenters. The minimum Gasteiger partial charge on any atom is -0.496 e. The minimum absolute atomic E-state index is 0.716. The van der Waals surface area contributed by atoms with Crippen LogP contribution in [0.4, 0.5) is 5.69 Å². The number of ether oxygens (including phenoxy) is 1. The van der Waals surface area contributed by atoms with Gasteiger partial charge in [-0.15, -0.1) is 0 Å². The molecule has 2 aromatic rings. The van der Waals surface area contributed by atoms with E-state index in [1.54, 1.807) is 19.6 Å². The van der Waals surface area contributed by atoms with Gasteiger partial charge in [-0.1, -0.05) is 6.07 Å². The lowest BCUT2D eigenvalue weighted by atomic mass is 10.1. The van der Waals surface area contributed by atoms with Gasteiger partial charge in [0.25, 0.3) is 0 Å². The molecule has 0 aliphatic heterocycles. The van der Waals surface area contributed by atoms with E-state index >= 15 is 0 Å². The van der Waals surface area contributed by atoms with Crippen molar-refractivity contribution in [1.29, 1.82) is 0 Å². The number of nitrogen functional groups attached to an aromatic ring is 1. The third-order valence-electron chi connectivity index (χ3n) is 2.78. The molecule has 0 aliphatic carbocycles. The molecule has 4 heteroatoms. The molecular weight excluding hydrogens is 228 g/mol. The lowest BCUT2D eigenvalue weighted by molar-refractivity contribution is 0.309. The Kier molecular flexibility index (Phi) is 3.89. The lowest BCUT2D eigenvalue weighted by Gasteiger charge is -2.17. The second-order valence-electron chi connectivity index (χ2n) is 4.38. The number of nitrogens with two attached hydrogens (primary N) is 1. The number of benzene rings is 1. The Morgan fingerprint density at radius 2 is 2.11 bits per heavy atom. The van der Waals surface area contributed by atoms with Crippen molar-refractivity contribution in [3.8, 4) is 5.75 Å². The van der Waals surface area contributed by atoms with E-state index in [-0.39, 0.29) is 0 Å². The largest absolute Gasteiger partial charge is 0.496 e. The van der Waals surface area contributed by atoms with E-state index in [9.17, 15) is 0 Å². The van der Waals surface area contributed by atoms with Gasteiger partial charge in [-0.2, -0.15) is 0 Å². The molecule has 0 aliphatic rings. The first-order valence-corrected chi connectivity index (χ1v) is 5.81. The summed E-state index contributed by atoms with van der Waals surface area (Å²) in [5, 5.41) is 0. The molecule has 0 fully saturated rings. The van der Waals surface area contributed by atoms with Gasteiger partial charge in [-0.25, -0.2) is 0 Å². The minimum atomic E-state index is 0.716. The van der Waals surface area contributed by atoms with Gasteiger partial charge in [0.15, 0.2) is 0 Å². The molecule has 96 valence electrons. The van der Waals surface area contributed by atoms with Crippen molar-refractivity contribution in [2.45, 2.75) is 13.1 Å². The van der Waals surface area contributed by atoms with Gasteiger partial charge in [-0.05, 0) is 19.2 Å². The van der Waals surface area contributed by atoms with Crippen LogP contribution in [0.25, 0.3) is 0 Å². The smallest absolute Gasteiger partial charge is 0.125 e. The molecule has 0 bridgehead atoms. The quantitative estimate of drug-likeness (QED) is 0.823. The van der Waals surface area contributed by atoms with Crippen LogP contribution in [0.15, 0.2) is 41.2 Å². The summed E-state index contributed by atoms with van der Waals surface area (Å²) in [4.78, 5) is 2.19. The average Bonchev–Trinajstić information content (AvgIpc) is 2.84. The van der Waals surface area contributed by atoms with Crippen molar-refractivity contribution < 1.29 is 9.15 Å². The van der Waals surface area contributed by atoms with Crippen molar-refractivity contribution in [3.05, 3.63) is 47.9 Å². The third-order valence-corrected chi connectivity index (χ3v) is 2.78. The molecule has 0 saturated carbocycles. The van der Waals surface area contributed by atoms with E-state index in [1.165, 1.54) is 0 Å². The summed E-state index contributed by atoms with van der Waals surface area (Å²) in [6.07, 6.45) is 3.45. The Morgan fingerprint density at radius 1 is 1.28 bits per heavy atom. The van der Waals surface area contributed by atoms with Crippen molar-refractivity contribution in [2.75, 3.05) is 19.9 Å². The maximum Gasteiger partial charge on any atom is 0.125 e. The number of rotatable bonds is 5. The highest BCUT2D eigenvalue weighted by atomic mass is 16.5. The van der Waals surface area contributed by atoms with Crippen LogP contribution in [0, 0.1) is 0 Å². The predicted molar refractivity (Wildman–Crippen MR) is 71.3 cm³/mol. The summed E-state index contributed by atoms with van der Waals surface area (Å²) in [5.41, 5.74) is 8.74. The molecule has 1 aromatic carbocycles. The van der Waals surface area contributed by atoms with Gasteiger partial charge in [0.2, 0.25) is 0 Å². The normalized spacial score (nSPS) is 10.8. The number of hydrogen-bond donors (Lipinski definition) is 1. The highest BCUT2D eigenvalue weighted by molar-refractivity contribution is 5.48. The molecule has 4 nitrogen and oxygen atoms in total. The topological polar surface area (TPSA) is 51.6 Å². The van der Waals surface area contributed by atoms with E-state index in [0.29, 0.717) is 5.69 Å². The number of nitrogens with zero attached hydrogens (tertiary/aromatic N) is 1. The maximum absolute atomic E-state index is 5.74. The Hall–Kier alpha value is -1.94. The molecule has 2 rings (SSSR count).